The lowest BCUT2D eigenvalue weighted by molar-refractivity contribution is -0.202. The van der Waals surface area contributed by atoms with E-state index in [-0.39, 0.29) is 0 Å². The van der Waals surface area contributed by atoms with Crippen LogP contribution in [0, 0.1) is 5.92 Å². The SMILES string of the molecule is CSC1OC(C(N)C(C)Cl)C(O)C(O)C1O.O=C(O)C1CC(CCCSC(F)F)CCN1. The Kier molecular flexibility index (Phi) is 14.3. The molecule has 0 aromatic rings. The Hall–Kier alpha value is 0.0800. The number of aliphatic carboxylic acids is 1. The molecule has 0 spiro atoms. The summed E-state index contributed by atoms with van der Waals surface area (Å²) < 4.78 is 29.1. The number of halogens is 3. The molecule has 0 saturated carbocycles. The van der Waals surface area contributed by atoms with Gasteiger partial charge in [0, 0.05) is 11.4 Å². The zero-order valence-electron chi connectivity index (χ0n) is 18.1. The Bertz CT molecular complexity index is 556. The molecule has 2 heterocycles. The molecule has 13 heteroatoms. The van der Waals surface area contributed by atoms with Crippen LogP contribution in [0.15, 0.2) is 0 Å². The van der Waals surface area contributed by atoms with E-state index >= 15 is 0 Å². The summed E-state index contributed by atoms with van der Waals surface area (Å²) in [6.45, 7) is 2.40. The number of carboxylic acid groups (broad SMARTS) is 1. The maximum atomic E-state index is 11.8. The molecule has 2 aliphatic rings. The lowest BCUT2D eigenvalue weighted by Crippen LogP contribution is -2.62. The molecule has 9 atom stereocenters. The van der Waals surface area contributed by atoms with Crippen molar-refractivity contribution in [1.29, 1.82) is 0 Å². The monoisotopic (exact) mass is 524 g/mol. The van der Waals surface area contributed by atoms with Crippen molar-refractivity contribution >= 4 is 41.1 Å². The fourth-order valence-electron chi connectivity index (χ4n) is 3.64. The molecule has 2 aliphatic heterocycles. The summed E-state index contributed by atoms with van der Waals surface area (Å²) in [5.74, 6) is -2.29. The van der Waals surface area contributed by atoms with Gasteiger partial charge >= 0.3 is 5.97 Å². The van der Waals surface area contributed by atoms with E-state index < -0.39 is 59.0 Å². The summed E-state index contributed by atoms with van der Waals surface area (Å²) in [5.41, 5.74) is 5.18. The number of hydrogen-bond acceptors (Lipinski definition) is 9. The highest BCUT2D eigenvalue weighted by molar-refractivity contribution is 7.99. The van der Waals surface area contributed by atoms with Crippen LogP contribution in [0.2, 0.25) is 0 Å². The highest BCUT2D eigenvalue weighted by Gasteiger charge is 2.46. The zero-order chi connectivity index (χ0) is 24.4. The molecule has 32 heavy (non-hydrogen) atoms. The van der Waals surface area contributed by atoms with Crippen molar-refractivity contribution in [3.8, 4) is 0 Å². The third-order valence-corrected chi connectivity index (χ3v) is 7.48. The molecule has 2 saturated heterocycles. The number of rotatable bonds is 9. The van der Waals surface area contributed by atoms with Crippen LogP contribution >= 0.6 is 35.1 Å². The first-order valence-corrected chi connectivity index (χ1v) is 13.2. The van der Waals surface area contributed by atoms with E-state index in [9.17, 15) is 28.9 Å². The Morgan fingerprint density at radius 1 is 1.28 bits per heavy atom. The first kappa shape index (κ1) is 30.1. The first-order valence-electron chi connectivity index (χ1n) is 10.5. The second-order valence-electron chi connectivity index (χ2n) is 7.94. The Morgan fingerprint density at radius 3 is 2.47 bits per heavy atom. The highest BCUT2D eigenvalue weighted by atomic mass is 35.5. The second-order valence-corrected chi connectivity index (χ2v) is 10.7. The van der Waals surface area contributed by atoms with Crippen molar-refractivity contribution < 1.29 is 38.7 Å². The normalized spacial score (nSPS) is 35.0. The predicted molar refractivity (Wildman–Crippen MR) is 123 cm³/mol. The lowest BCUT2D eigenvalue weighted by Gasteiger charge is -2.42. The smallest absolute Gasteiger partial charge is 0.320 e. The van der Waals surface area contributed by atoms with Gasteiger partial charge in [0.25, 0.3) is 5.76 Å². The summed E-state index contributed by atoms with van der Waals surface area (Å²) in [7, 11) is 0. The van der Waals surface area contributed by atoms with Crippen LogP contribution in [0.25, 0.3) is 0 Å². The largest absolute Gasteiger partial charge is 0.480 e. The number of carboxylic acids is 1. The van der Waals surface area contributed by atoms with E-state index in [2.05, 4.69) is 5.32 Å². The molecule has 0 radical (unpaired) electrons. The van der Waals surface area contributed by atoms with Crippen molar-refractivity contribution in [2.24, 2.45) is 11.7 Å². The minimum absolute atomic E-state index is 0.362. The van der Waals surface area contributed by atoms with Gasteiger partial charge in [-0.1, -0.05) is 11.8 Å². The van der Waals surface area contributed by atoms with Gasteiger partial charge in [-0.3, -0.25) is 4.79 Å². The molecular weight excluding hydrogens is 490 g/mol. The van der Waals surface area contributed by atoms with Crippen LogP contribution in [0.1, 0.15) is 32.6 Å². The molecule has 190 valence electrons. The van der Waals surface area contributed by atoms with Gasteiger partial charge in [0.15, 0.2) is 0 Å². The lowest BCUT2D eigenvalue weighted by atomic mass is 9.89. The Morgan fingerprint density at radius 2 is 1.94 bits per heavy atom. The van der Waals surface area contributed by atoms with Gasteiger partial charge in [0.05, 0.1) is 0 Å². The Balaban J connectivity index is 0.000000320. The van der Waals surface area contributed by atoms with Crippen LogP contribution in [0.4, 0.5) is 8.78 Å². The van der Waals surface area contributed by atoms with Crippen molar-refractivity contribution in [1.82, 2.24) is 5.32 Å². The van der Waals surface area contributed by atoms with Crippen LogP contribution in [0.5, 0.6) is 0 Å². The topological polar surface area (TPSA) is 145 Å². The van der Waals surface area contributed by atoms with E-state index in [0.29, 0.717) is 36.4 Å². The molecule has 7 N–H and O–H groups in total. The van der Waals surface area contributed by atoms with Crippen molar-refractivity contribution in [2.45, 2.75) is 85.7 Å². The molecular formula is C19H35ClF2N2O6S2. The molecule has 0 aromatic carbocycles. The average molecular weight is 525 g/mol. The van der Waals surface area contributed by atoms with Crippen LogP contribution in [-0.2, 0) is 9.53 Å². The zero-order valence-corrected chi connectivity index (χ0v) is 20.5. The number of ether oxygens (including phenoxy) is 1. The fraction of sp³-hybridized carbons (Fsp3) is 0.947. The van der Waals surface area contributed by atoms with Gasteiger partial charge in [-0.2, -0.15) is 8.78 Å². The third kappa shape index (κ3) is 9.75. The number of carbonyl (C=O) groups is 1. The standard InChI is InChI=1S/C10H17F2NO2S.C9H18ClNO4S/c11-10(12)16-5-1-2-7-3-4-13-8(6-7)9(14)15;1-3(10)4(11)8-6(13)5(12)7(14)9(15-8)16-2/h7-8,10,13H,1-6H2,(H,14,15);3-9,12-14H,11H2,1-2H3. The van der Waals surface area contributed by atoms with E-state index in [4.69, 9.17) is 27.2 Å². The first-order chi connectivity index (χ1) is 15.0. The number of aliphatic hydroxyl groups excluding tert-OH is 3. The molecule has 9 unspecified atom stereocenters. The maximum absolute atomic E-state index is 11.8. The minimum Gasteiger partial charge on any atom is -0.480 e. The summed E-state index contributed by atoms with van der Waals surface area (Å²) in [5, 5.41) is 40.4. The van der Waals surface area contributed by atoms with Gasteiger partial charge in [-0.15, -0.1) is 23.4 Å². The van der Waals surface area contributed by atoms with Crippen molar-refractivity contribution in [3.05, 3.63) is 0 Å². The van der Waals surface area contributed by atoms with Crippen molar-refractivity contribution in [2.75, 3.05) is 18.6 Å². The quantitative estimate of drug-likeness (QED) is 0.193. The molecule has 2 fully saturated rings. The van der Waals surface area contributed by atoms with Crippen molar-refractivity contribution in [3.63, 3.8) is 0 Å². The van der Waals surface area contributed by atoms with Gasteiger partial charge in [0.2, 0.25) is 0 Å². The number of thioether (sulfide) groups is 2. The number of nitrogens with two attached hydrogens (primary N) is 1. The number of alkyl halides is 3. The summed E-state index contributed by atoms with van der Waals surface area (Å²) in [6, 6.07) is -1.06. The maximum Gasteiger partial charge on any atom is 0.320 e. The molecule has 0 amide bonds. The fourth-order valence-corrected chi connectivity index (χ4v) is 4.97. The molecule has 0 bridgehead atoms. The predicted octanol–water partition coefficient (Wildman–Crippen LogP) is 1.29. The molecule has 8 nitrogen and oxygen atoms in total. The van der Waals surface area contributed by atoms with Gasteiger partial charge in [0.1, 0.15) is 35.9 Å². The van der Waals surface area contributed by atoms with E-state index in [1.54, 1.807) is 13.2 Å². The Labute approximate surface area is 201 Å². The number of piperidine rings is 1. The van der Waals surface area contributed by atoms with E-state index in [0.717, 1.165) is 19.3 Å². The second kappa shape index (κ2) is 15.2. The summed E-state index contributed by atoms with van der Waals surface area (Å²) in [6.07, 6.45) is 0.509. The third-order valence-electron chi connectivity index (χ3n) is 5.56. The van der Waals surface area contributed by atoms with E-state index in [1.165, 1.54) is 11.8 Å². The van der Waals surface area contributed by atoms with Gasteiger partial charge < -0.3 is 36.2 Å². The van der Waals surface area contributed by atoms with Gasteiger partial charge in [-0.05, 0) is 57.1 Å². The van der Waals surface area contributed by atoms with E-state index in [1.807, 2.05) is 0 Å². The molecule has 0 aliphatic carbocycles. The highest BCUT2D eigenvalue weighted by Crippen LogP contribution is 2.29. The van der Waals surface area contributed by atoms with Crippen LogP contribution in [-0.4, -0.2) is 98.0 Å². The summed E-state index contributed by atoms with van der Waals surface area (Å²) in [4.78, 5) is 10.8. The van der Waals surface area contributed by atoms with Crippen LogP contribution in [0.3, 0.4) is 0 Å². The molecule has 2 rings (SSSR count). The number of hydrogen-bond donors (Lipinski definition) is 6. The summed E-state index contributed by atoms with van der Waals surface area (Å²) >= 11 is 7.75. The minimum atomic E-state index is -2.29. The van der Waals surface area contributed by atoms with Gasteiger partial charge in [-0.25, -0.2) is 0 Å². The van der Waals surface area contributed by atoms with Crippen LogP contribution < -0.4 is 11.1 Å². The number of aliphatic hydroxyl groups is 3. The molecule has 0 aromatic heterocycles. The number of nitrogens with one attached hydrogen (secondary N) is 1. The average Bonchev–Trinajstić information content (AvgIpc) is 2.75.